The molecular weight excluding hydrogens is 258 g/mol. The van der Waals surface area contributed by atoms with Gasteiger partial charge in [-0.05, 0) is 31.2 Å². The normalized spacial score (nSPS) is 10.8. The zero-order chi connectivity index (χ0) is 13.4. The molecule has 0 fully saturated rings. The van der Waals surface area contributed by atoms with Crippen LogP contribution in [-0.2, 0) is 0 Å². The zero-order valence-electron chi connectivity index (χ0n) is 10.4. The van der Waals surface area contributed by atoms with Gasteiger partial charge in [0.15, 0.2) is 6.29 Å². The summed E-state index contributed by atoms with van der Waals surface area (Å²) in [6.45, 7) is 2.01. The molecular formula is C16H12ClNO. The largest absolute Gasteiger partial charge is 0.354 e. The molecule has 0 aliphatic heterocycles. The van der Waals surface area contributed by atoms with Crippen molar-refractivity contribution in [2.75, 3.05) is 0 Å². The minimum atomic E-state index is 0.657. The first-order chi connectivity index (χ1) is 9.19. The number of rotatable bonds is 2. The molecule has 0 amide bonds. The summed E-state index contributed by atoms with van der Waals surface area (Å²) in [5, 5.41) is 1.61. The number of halogens is 1. The number of aldehydes is 1. The number of hydrogen-bond donors (Lipinski definition) is 1. The predicted octanol–water partition coefficient (Wildman–Crippen LogP) is 4.61. The molecule has 0 atom stereocenters. The highest BCUT2D eigenvalue weighted by Crippen LogP contribution is 2.30. The molecule has 0 saturated carbocycles. The van der Waals surface area contributed by atoms with Gasteiger partial charge in [0.25, 0.3) is 0 Å². The van der Waals surface area contributed by atoms with Crippen LogP contribution in [0.1, 0.15) is 15.9 Å². The van der Waals surface area contributed by atoms with Gasteiger partial charge in [0.05, 0.1) is 5.69 Å². The van der Waals surface area contributed by atoms with Crippen molar-refractivity contribution in [1.82, 2.24) is 4.98 Å². The first-order valence-corrected chi connectivity index (χ1v) is 6.40. The van der Waals surface area contributed by atoms with E-state index in [0.29, 0.717) is 10.6 Å². The summed E-state index contributed by atoms with van der Waals surface area (Å²) < 4.78 is 0. The number of benzene rings is 2. The second-order valence-electron chi connectivity index (χ2n) is 4.59. The summed E-state index contributed by atoms with van der Waals surface area (Å²) in [6, 6.07) is 13.5. The van der Waals surface area contributed by atoms with Crippen LogP contribution < -0.4 is 0 Å². The van der Waals surface area contributed by atoms with Crippen molar-refractivity contribution >= 4 is 28.8 Å². The van der Waals surface area contributed by atoms with Gasteiger partial charge < -0.3 is 4.98 Å². The first-order valence-electron chi connectivity index (χ1n) is 6.02. The van der Waals surface area contributed by atoms with Crippen molar-refractivity contribution in [2.24, 2.45) is 0 Å². The van der Waals surface area contributed by atoms with E-state index in [9.17, 15) is 4.79 Å². The van der Waals surface area contributed by atoms with Crippen molar-refractivity contribution in [1.29, 1.82) is 0 Å². The topological polar surface area (TPSA) is 32.9 Å². The Bertz CT molecular complexity index is 774. The summed E-state index contributed by atoms with van der Waals surface area (Å²) in [5.41, 5.74) is 4.51. The van der Waals surface area contributed by atoms with Gasteiger partial charge >= 0.3 is 0 Å². The van der Waals surface area contributed by atoms with Crippen LogP contribution in [0.3, 0.4) is 0 Å². The highest BCUT2D eigenvalue weighted by atomic mass is 35.5. The maximum atomic E-state index is 11.4. The van der Waals surface area contributed by atoms with Gasteiger partial charge in [-0.25, -0.2) is 0 Å². The third-order valence-electron chi connectivity index (χ3n) is 3.23. The molecule has 1 N–H and O–H groups in total. The third-order valence-corrected chi connectivity index (χ3v) is 3.46. The lowest BCUT2D eigenvalue weighted by Crippen LogP contribution is -1.84. The number of aromatic amines is 1. The molecule has 3 heteroatoms. The molecule has 1 heterocycles. The van der Waals surface area contributed by atoms with Crippen LogP contribution in [0.15, 0.2) is 42.5 Å². The molecule has 3 aromatic rings. The van der Waals surface area contributed by atoms with Gasteiger partial charge in [-0.15, -0.1) is 0 Å². The van der Waals surface area contributed by atoms with Crippen LogP contribution in [0.2, 0.25) is 5.02 Å². The Kier molecular flexibility index (Phi) is 2.88. The number of carbonyl (C=O) groups is 1. The molecule has 0 bridgehead atoms. The Balaban J connectivity index is 2.32. The Morgan fingerprint density at radius 3 is 2.74 bits per heavy atom. The van der Waals surface area contributed by atoms with E-state index in [2.05, 4.69) is 4.98 Å². The zero-order valence-corrected chi connectivity index (χ0v) is 11.2. The van der Waals surface area contributed by atoms with Crippen molar-refractivity contribution in [3.8, 4) is 11.3 Å². The molecule has 94 valence electrons. The van der Waals surface area contributed by atoms with Crippen LogP contribution in [0, 0.1) is 6.92 Å². The number of aryl methyl sites for hydroxylation is 1. The smallest absolute Gasteiger partial charge is 0.152 e. The number of fused-ring (bicyclic) bond motifs is 1. The molecule has 0 aliphatic carbocycles. The van der Waals surface area contributed by atoms with Gasteiger partial charge in [0.2, 0.25) is 0 Å². The minimum Gasteiger partial charge on any atom is -0.354 e. The van der Waals surface area contributed by atoms with Crippen molar-refractivity contribution in [3.05, 3.63) is 58.6 Å². The number of carbonyl (C=O) groups excluding carboxylic acids is 1. The Labute approximate surface area is 116 Å². The van der Waals surface area contributed by atoms with Crippen molar-refractivity contribution in [2.45, 2.75) is 6.92 Å². The summed E-state index contributed by atoms with van der Waals surface area (Å²) >= 11 is 6.01. The van der Waals surface area contributed by atoms with E-state index in [0.717, 1.165) is 34.0 Å². The highest BCUT2D eigenvalue weighted by molar-refractivity contribution is 6.30. The lowest BCUT2D eigenvalue weighted by atomic mass is 10.1. The molecule has 0 unspecified atom stereocenters. The molecule has 1 aromatic heterocycles. The van der Waals surface area contributed by atoms with E-state index in [1.165, 1.54) is 0 Å². The van der Waals surface area contributed by atoms with E-state index in [1.54, 1.807) is 0 Å². The summed E-state index contributed by atoms with van der Waals surface area (Å²) in [4.78, 5) is 14.7. The van der Waals surface area contributed by atoms with Crippen LogP contribution >= 0.6 is 11.6 Å². The molecule has 3 rings (SSSR count). The van der Waals surface area contributed by atoms with E-state index < -0.39 is 0 Å². The predicted molar refractivity (Wildman–Crippen MR) is 78.9 cm³/mol. The number of H-pyrrole nitrogens is 1. The fraction of sp³-hybridized carbons (Fsp3) is 0.0625. The highest BCUT2D eigenvalue weighted by Gasteiger charge is 2.12. The molecule has 2 aromatic carbocycles. The number of hydrogen-bond acceptors (Lipinski definition) is 1. The molecule has 0 saturated heterocycles. The maximum absolute atomic E-state index is 11.4. The number of aromatic nitrogens is 1. The maximum Gasteiger partial charge on any atom is 0.152 e. The SMILES string of the molecule is Cc1ccc2[nH]c(-c3cccc(Cl)c3)c(C=O)c2c1. The van der Waals surface area contributed by atoms with Gasteiger partial charge in [0.1, 0.15) is 0 Å². The van der Waals surface area contributed by atoms with E-state index in [4.69, 9.17) is 11.6 Å². The molecule has 2 nitrogen and oxygen atoms in total. The van der Waals surface area contributed by atoms with Crippen LogP contribution in [0.4, 0.5) is 0 Å². The van der Waals surface area contributed by atoms with Gasteiger partial charge in [-0.3, -0.25) is 4.79 Å². The van der Waals surface area contributed by atoms with Crippen LogP contribution in [0.25, 0.3) is 22.2 Å². The lowest BCUT2D eigenvalue weighted by Gasteiger charge is -2.00. The Morgan fingerprint density at radius 1 is 1.16 bits per heavy atom. The molecule has 0 spiro atoms. The summed E-state index contributed by atoms with van der Waals surface area (Å²) in [7, 11) is 0. The standard InChI is InChI=1S/C16H12ClNO/c1-10-5-6-15-13(7-10)14(9-19)16(18-15)11-3-2-4-12(17)8-11/h2-9,18H,1H3. The van der Waals surface area contributed by atoms with E-state index >= 15 is 0 Å². The fourth-order valence-corrected chi connectivity index (χ4v) is 2.51. The molecule has 19 heavy (non-hydrogen) atoms. The van der Waals surface area contributed by atoms with Gasteiger partial charge in [-0.1, -0.05) is 35.4 Å². The lowest BCUT2D eigenvalue weighted by molar-refractivity contribution is 0.112. The second kappa shape index (κ2) is 4.56. The van der Waals surface area contributed by atoms with Gasteiger partial charge in [0, 0.05) is 27.1 Å². The Morgan fingerprint density at radius 2 is 2.00 bits per heavy atom. The van der Waals surface area contributed by atoms with E-state index in [1.807, 2.05) is 49.4 Å². The van der Waals surface area contributed by atoms with Crippen LogP contribution in [0.5, 0.6) is 0 Å². The summed E-state index contributed by atoms with van der Waals surface area (Å²) in [5.74, 6) is 0. The average molecular weight is 270 g/mol. The molecule has 0 aliphatic rings. The summed E-state index contributed by atoms with van der Waals surface area (Å²) in [6.07, 6.45) is 0.897. The third kappa shape index (κ3) is 2.04. The quantitative estimate of drug-likeness (QED) is 0.677. The van der Waals surface area contributed by atoms with Crippen LogP contribution in [-0.4, -0.2) is 11.3 Å². The first kappa shape index (κ1) is 12.0. The van der Waals surface area contributed by atoms with Crippen molar-refractivity contribution < 1.29 is 4.79 Å². The average Bonchev–Trinajstić information content (AvgIpc) is 2.76. The van der Waals surface area contributed by atoms with Crippen molar-refractivity contribution in [3.63, 3.8) is 0 Å². The number of nitrogens with one attached hydrogen (secondary N) is 1. The monoisotopic (exact) mass is 269 g/mol. The molecule has 0 radical (unpaired) electrons. The van der Waals surface area contributed by atoms with E-state index in [-0.39, 0.29) is 0 Å². The minimum absolute atomic E-state index is 0.657. The fourth-order valence-electron chi connectivity index (χ4n) is 2.32. The second-order valence-corrected chi connectivity index (χ2v) is 5.03. The van der Waals surface area contributed by atoms with Gasteiger partial charge in [-0.2, -0.15) is 0 Å². The Hall–Kier alpha value is -2.06.